The van der Waals surface area contributed by atoms with Crippen LogP contribution in [0.4, 0.5) is 5.00 Å². The highest BCUT2D eigenvalue weighted by Crippen LogP contribution is 2.39. The SMILES string of the molecule is CC1CCc2c(sc(NC(=O)c3ccccc3OCC(=O)N3CCCCCC3)c2C(N)=O)C1. The van der Waals surface area contributed by atoms with Crippen molar-refractivity contribution < 1.29 is 19.1 Å². The van der Waals surface area contributed by atoms with Crippen molar-refractivity contribution in [1.29, 1.82) is 0 Å². The van der Waals surface area contributed by atoms with Crippen LogP contribution in [0.25, 0.3) is 0 Å². The average Bonchev–Trinajstić information content (AvgIpc) is 2.96. The lowest BCUT2D eigenvalue weighted by atomic mass is 9.88. The Morgan fingerprint density at radius 1 is 1.15 bits per heavy atom. The van der Waals surface area contributed by atoms with Gasteiger partial charge in [-0.2, -0.15) is 0 Å². The highest BCUT2D eigenvalue weighted by atomic mass is 32.1. The molecule has 0 bridgehead atoms. The van der Waals surface area contributed by atoms with E-state index < -0.39 is 5.91 Å². The number of carbonyl (C=O) groups excluding carboxylic acids is 3. The van der Waals surface area contributed by atoms with Crippen molar-refractivity contribution in [2.75, 3.05) is 25.0 Å². The predicted octanol–water partition coefficient (Wildman–Crippen LogP) is 4.01. The average molecular weight is 470 g/mol. The number of nitrogens with zero attached hydrogens (tertiary/aromatic N) is 1. The smallest absolute Gasteiger partial charge is 0.260 e. The summed E-state index contributed by atoms with van der Waals surface area (Å²) >= 11 is 1.43. The minimum absolute atomic E-state index is 0.0665. The number of fused-ring (bicyclic) bond motifs is 1. The molecule has 0 radical (unpaired) electrons. The molecular formula is C25H31N3O4S. The van der Waals surface area contributed by atoms with Crippen molar-refractivity contribution in [1.82, 2.24) is 4.90 Å². The molecule has 1 aromatic heterocycles. The third kappa shape index (κ3) is 5.38. The molecule has 2 aromatic rings. The fourth-order valence-electron chi connectivity index (χ4n) is 4.60. The Balaban J connectivity index is 1.49. The Kier molecular flexibility index (Phi) is 7.33. The highest BCUT2D eigenvalue weighted by Gasteiger charge is 2.28. The summed E-state index contributed by atoms with van der Waals surface area (Å²) < 4.78 is 5.78. The zero-order valence-electron chi connectivity index (χ0n) is 19.0. The maximum Gasteiger partial charge on any atom is 0.260 e. The number of thiophene rings is 1. The summed E-state index contributed by atoms with van der Waals surface area (Å²) in [6.45, 7) is 3.58. The number of carbonyl (C=O) groups is 3. The number of hydrogen-bond donors (Lipinski definition) is 2. The molecule has 1 unspecified atom stereocenters. The molecule has 1 aromatic carbocycles. The number of anilines is 1. The predicted molar refractivity (Wildman–Crippen MR) is 129 cm³/mol. The van der Waals surface area contributed by atoms with Gasteiger partial charge in [0, 0.05) is 18.0 Å². The molecule has 176 valence electrons. The number of rotatable bonds is 6. The van der Waals surface area contributed by atoms with E-state index in [1.165, 1.54) is 11.3 Å². The molecule has 33 heavy (non-hydrogen) atoms. The standard InChI is InChI=1S/C25H31N3O4S/c1-16-10-11-18-20(14-16)33-25(22(18)23(26)30)27-24(31)17-8-4-5-9-19(17)32-15-21(29)28-12-6-2-3-7-13-28/h4-5,8-9,16H,2-3,6-7,10-15H2,1H3,(H2,26,30)(H,27,31). The first kappa shape index (κ1) is 23.3. The number of amides is 3. The monoisotopic (exact) mass is 469 g/mol. The Morgan fingerprint density at radius 3 is 2.61 bits per heavy atom. The van der Waals surface area contributed by atoms with Crippen LogP contribution >= 0.6 is 11.3 Å². The van der Waals surface area contributed by atoms with E-state index in [2.05, 4.69) is 12.2 Å². The summed E-state index contributed by atoms with van der Waals surface area (Å²) in [6.07, 6.45) is 6.98. The van der Waals surface area contributed by atoms with Crippen molar-refractivity contribution in [2.45, 2.75) is 51.9 Å². The van der Waals surface area contributed by atoms with Gasteiger partial charge >= 0.3 is 0 Å². The first-order chi connectivity index (χ1) is 15.9. The molecule has 3 N–H and O–H groups in total. The van der Waals surface area contributed by atoms with Gasteiger partial charge < -0.3 is 20.7 Å². The molecule has 2 heterocycles. The van der Waals surface area contributed by atoms with Crippen LogP contribution in [0.2, 0.25) is 0 Å². The van der Waals surface area contributed by atoms with E-state index in [0.717, 1.165) is 68.5 Å². The van der Waals surface area contributed by atoms with E-state index in [1.807, 2.05) is 4.90 Å². The van der Waals surface area contributed by atoms with Gasteiger partial charge in [-0.25, -0.2) is 0 Å². The summed E-state index contributed by atoms with van der Waals surface area (Å²) in [5.41, 5.74) is 7.38. The largest absolute Gasteiger partial charge is 0.483 e. The number of nitrogens with one attached hydrogen (secondary N) is 1. The van der Waals surface area contributed by atoms with Gasteiger partial charge in [-0.15, -0.1) is 11.3 Å². The van der Waals surface area contributed by atoms with Crippen molar-refractivity contribution >= 4 is 34.1 Å². The summed E-state index contributed by atoms with van der Waals surface area (Å²) in [4.78, 5) is 40.9. The highest BCUT2D eigenvalue weighted by molar-refractivity contribution is 7.17. The molecule has 1 fully saturated rings. The fourth-order valence-corrected chi connectivity index (χ4v) is 6.01. The summed E-state index contributed by atoms with van der Waals surface area (Å²) in [5.74, 6) is -0.0971. The van der Waals surface area contributed by atoms with Gasteiger partial charge in [-0.05, 0) is 55.7 Å². The van der Waals surface area contributed by atoms with Crippen molar-refractivity contribution in [2.24, 2.45) is 11.7 Å². The molecular weight excluding hydrogens is 438 g/mol. The number of ether oxygens (including phenoxy) is 1. The third-order valence-corrected chi connectivity index (χ3v) is 7.60. The summed E-state index contributed by atoms with van der Waals surface area (Å²) in [5, 5.41) is 3.37. The van der Waals surface area contributed by atoms with Crippen LogP contribution in [-0.4, -0.2) is 42.3 Å². The number of nitrogens with two attached hydrogens (primary N) is 1. The lowest BCUT2D eigenvalue weighted by molar-refractivity contribution is -0.133. The van der Waals surface area contributed by atoms with Gasteiger partial charge in [-0.3, -0.25) is 14.4 Å². The lowest BCUT2D eigenvalue weighted by Gasteiger charge is -2.20. The van der Waals surface area contributed by atoms with Crippen LogP contribution in [0.15, 0.2) is 24.3 Å². The second kappa shape index (κ2) is 10.4. The fraction of sp³-hybridized carbons (Fsp3) is 0.480. The van der Waals surface area contributed by atoms with Crippen LogP contribution in [0.5, 0.6) is 5.75 Å². The molecule has 0 spiro atoms. The first-order valence-corrected chi connectivity index (χ1v) is 12.5. The zero-order chi connectivity index (χ0) is 23.4. The number of primary amides is 1. The third-order valence-electron chi connectivity index (χ3n) is 6.43. The molecule has 3 amide bonds. The lowest BCUT2D eigenvalue weighted by Crippen LogP contribution is -2.35. The van der Waals surface area contributed by atoms with Gasteiger partial charge in [0.15, 0.2) is 6.61 Å². The van der Waals surface area contributed by atoms with Crippen molar-refractivity contribution in [3.8, 4) is 5.75 Å². The molecule has 1 saturated heterocycles. The zero-order valence-corrected chi connectivity index (χ0v) is 19.8. The van der Waals surface area contributed by atoms with Crippen LogP contribution < -0.4 is 15.8 Å². The summed E-state index contributed by atoms with van der Waals surface area (Å²) in [6, 6.07) is 6.85. The minimum Gasteiger partial charge on any atom is -0.483 e. The second-order valence-electron chi connectivity index (χ2n) is 8.95. The molecule has 2 aliphatic rings. The Bertz CT molecular complexity index is 1040. The normalized spacial score (nSPS) is 18.2. The maximum atomic E-state index is 13.1. The number of hydrogen-bond acceptors (Lipinski definition) is 5. The van der Waals surface area contributed by atoms with E-state index in [4.69, 9.17) is 10.5 Å². The van der Waals surface area contributed by atoms with Gasteiger partial charge in [0.25, 0.3) is 17.7 Å². The van der Waals surface area contributed by atoms with Crippen LogP contribution in [-0.2, 0) is 17.6 Å². The molecule has 4 rings (SSSR count). The van der Waals surface area contributed by atoms with Crippen LogP contribution in [0.1, 0.15) is 70.2 Å². The van der Waals surface area contributed by atoms with Crippen LogP contribution in [0, 0.1) is 5.92 Å². The Labute approximate surface area is 198 Å². The van der Waals surface area contributed by atoms with E-state index >= 15 is 0 Å². The van der Waals surface area contributed by atoms with E-state index in [-0.39, 0.29) is 18.4 Å². The Morgan fingerprint density at radius 2 is 1.88 bits per heavy atom. The summed E-state index contributed by atoms with van der Waals surface area (Å²) in [7, 11) is 0. The molecule has 1 atom stereocenters. The van der Waals surface area contributed by atoms with Gasteiger partial charge in [0.2, 0.25) is 0 Å². The Hall–Kier alpha value is -2.87. The molecule has 0 saturated carbocycles. The van der Waals surface area contributed by atoms with E-state index in [9.17, 15) is 14.4 Å². The van der Waals surface area contributed by atoms with E-state index in [0.29, 0.717) is 27.8 Å². The van der Waals surface area contributed by atoms with Gasteiger partial charge in [0.1, 0.15) is 10.8 Å². The van der Waals surface area contributed by atoms with Crippen LogP contribution in [0.3, 0.4) is 0 Å². The van der Waals surface area contributed by atoms with Gasteiger partial charge in [-0.1, -0.05) is 31.9 Å². The first-order valence-electron chi connectivity index (χ1n) is 11.7. The molecule has 1 aliphatic carbocycles. The quantitative estimate of drug-likeness (QED) is 0.667. The molecule has 8 heteroatoms. The van der Waals surface area contributed by atoms with Crippen molar-refractivity contribution in [3.05, 3.63) is 45.8 Å². The molecule has 1 aliphatic heterocycles. The van der Waals surface area contributed by atoms with Crippen molar-refractivity contribution in [3.63, 3.8) is 0 Å². The number of likely N-dealkylation sites (tertiary alicyclic amines) is 1. The number of para-hydroxylation sites is 1. The minimum atomic E-state index is -0.523. The van der Waals surface area contributed by atoms with E-state index in [1.54, 1.807) is 24.3 Å². The topological polar surface area (TPSA) is 102 Å². The van der Waals surface area contributed by atoms with Gasteiger partial charge in [0.05, 0.1) is 11.1 Å². The second-order valence-corrected chi connectivity index (χ2v) is 10.1. The molecule has 7 nitrogen and oxygen atoms in total. The maximum absolute atomic E-state index is 13.1. The number of benzene rings is 1.